The molecule has 0 atom stereocenters. The first kappa shape index (κ1) is 10.4. The zero-order valence-electron chi connectivity index (χ0n) is 8.27. The van der Waals surface area contributed by atoms with Crippen molar-refractivity contribution in [2.75, 3.05) is 27.2 Å². The van der Waals surface area contributed by atoms with E-state index in [1.54, 1.807) is 6.07 Å². The summed E-state index contributed by atoms with van der Waals surface area (Å²) in [6, 6.07) is 3.49. The Bertz CT molecular complexity index is 332. The number of nitrogens with zero attached hydrogens (tertiary/aromatic N) is 4. The van der Waals surface area contributed by atoms with Crippen LogP contribution in [0.3, 0.4) is 0 Å². The van der Waals surface area contributed by atoms with Crippen LogP contribution in [0.2, 0.25) is 0 Å². The van der Waals surface area contributed by atoms with Crippen molar-refractivity contribution in [2.24, 2.45) is 0 Å². The molecule has 0 fully saturated rings. The summed E-state index contributed by atoms with van der Waals surface area (Å²) in [5.74, 6) is 0.575. The van der Waals surface area contributed by atoms with Gasteiger partial charge in [0.1, 0.15) is 12.7 Å². The van der Waals surface area contributed by atoms with Crippen molar-refractivity contribution in [3.63, 3.8) is 0 Å². The Kier molecular flexibility index (Phi) is 3.83. The lowest BCUT2D eigenvalue weighted by molar-refractivity contribution is 0.253. The third kappa shape index (κ3) is 3.37. The molecular weight excluding hydrogens is 180 g/mol. The average Bonchev–Trinajstić information content (AvgIpc) is 2.18. The van der Waals surface area contributed by atoms with Gasteiger partial charge >= 0.3 is 0 Å². The Morgan fingerprint density at radius 2 is 2.36 bits per heavy atom. The normalized spacial score (nSPS) is 9.86. The summed E-state index contributed by atoms with van der Waals surface area (Å²) in [6.07, 6.45) is 1.51. The SMILES string of the molecule is CN(C)CCOc1ccnc(C#N)n1. The van der Waals surface area contributed by atoms with Gasteiger partial charge in [-0.3, -0.25) is 0 Å². The molecule has 0 radical (unpaired) electrons. The van der Waals surface area contributed by atoms with Gasteiger partial charge in [-0.25, -0.2) is 4.98 Å². The van der Waals surface area contributed by atoms with E-state index in [2.05, 4.69) is 9.97 Å². The molecule has 1 heterocycles. The van der Waals surface area contributed by atoms with Crippen LogP contribution in [-0.4, -0.2) is 42.1 Å². The van der Waals surface area contributed by atoms with Crippen LogP contribution in [0.15, 0.2) is 12.3 Å². The molecule has 74 valence electrons. The minimum Gasteiger partial charge on any atom is -0.476 e. The highest BCUT2D eigenvalue weighted by Gasteiger charge is 1.98. The maximum atomic E-state index is 8.54. The Hall–Kier alpha value is -1.67. The van der Waals surface area contributed by atoms with E-state index in [0.29, 0.717) is 12.5 Å². The van der Waals surface area contributed by atoms with Crippen LogP contribution in [0.5, 0.6) is 5.88 Å². The summed E-state index contributed by atoms with van der Waals surface area (Å²) in [4.78, 5) is 9.62. The third-order valence-electron chi connectivity index (χ3n) is 1.52. The van der Waals surface area contributed by atoms with Gasteiger partial charge in [0.15, 0.2) is 0 Å². The van der Waals surface area contributed by atoms with Gasteiger partial charge in [0.2, 0.25) is 11.7 Å². The Morgan fingerprint density at radius 1 is 1.57 bits per heavy atom. The molecule has 5 heteroatoms. The number of hydrogen-bond acceptors (Lipinski definition) is 5. The Labute approximate surface area is 83.0 Å². The van der Waals surface area contributed by atoms with Crippen LogP contribution >= 0.6 is 0 Å². The zero-order valence-corrected chi connectivity index (χ0v) is 8.27. The summed E-state index contributed by atoms with van der Waals surface area (Å²) in [5, 5.41) is 8.54. The van der Waals surface area contributed by atoms with Crippen molar-refractivity contribution in [3.05, 3.63) is 18.1 Å². The highest BCUT2D eigenvalue weighted by molar-refractivity contribution is 5.16. The van der Waals surface area contributed by atoms with Crippen molar-refractivity contribution < 1.29 is 4.74 Å². The van der Waals surface area contributed by atoms with E-state index in [4.69, 9.17) is 10.00 Å². The Balaban J connectivity index is 2.47. The topological polar surface area (TPSA) is 62.0 Å². The van der Waals surface area contributed by atoms with Crippen LogP contribution in [0.25, 0.3) is 0 Å². The minimum absolute atomic E-state index is 0.132. The molecule has 0 amide bonds. The van der Waals surface area contributed by atoms with Crippen LogP contribution in [0.1, 0.15) is 5.82 Å². The van der Waals surface area contributed by atoms with Crippen molar-refractivity contribution in [2.45, 2.75) is 0 Å². The molecule has 1 rings (SSSR count). The molecule has 0 saturated carbocycles. The molecule has 0 bridgehead atoms. The molecule has 0 N–H and O–H groups in total. The molecule has 0 aliphatic rings. The van der Waals surface area contributed by atoms with E-state index in [0.717, 1.165) is 6.54 Å². The largest absolute Gasteiger partial charge is 0.476 e. The molecule has 0 aliphatic carbocycles. The Morgan fingerprint density at radius 3 is 3.00 bits per heavy atom. The second-order valence-electron chi connectivity index (χ2n) is 2.98. The van der Waals surface area contributed by atoms with E-state index >= 15 is 0 Å². The van der Waals surface area contributed by atoms with E-state index in [-0.39, 0.29) is 5.82 Å². The molecular formula is C9H12N4O. The van der Waals surface area contributed by atoms with Crippen molar-refractivity contribution in [1.29, 1.82) is 5.26 Å². The first-order valence-corrected chi connectivity index (χ1v) is 4.23. The lowest BCUT2D eigenvalue weighted by atomic mass is 10.5. The van der Waals surface area contributed by atoms with Crippen molar-refractivity contribution in [1.82, 2.24) is 14.9 Å². The predicted octanol–water partition coefficient (Wildman–Crippen LogP) is 0.289. The lowest BCUT2D eigenvalue weighted by Gasteiger charge is -2.09. The third-order valence-corrected chi connectivity index (χ3v) is 1.52. The smallest absolute Gasteiger partial charge is 0.235 e. The number of likely N-dealkylation sites (N-methyl/N-ethyl adjacent to an activating group) is 1. The number of nitriles is 1. The molecule has 1 aromatic rings. The molecule has 14 heavy (non-hydrogen) atoms. The second-order valence-corrected chi connectivity index (χ2v) is 2.98. The fraction of sp³-hybridized carbons (Fsp3) is 0.444. The second kappa shape index (κ2) is 5.14. The molecule has 1 aromatic heterocycles. The van der Waals surface area contributed by atoms with Gasteiger partial charge in [-0.15, -0.1) is 0 Å². The fourth-order valence-corrected chi connectivity index (χ4v) is 0.809. The zero-order chi connectivity index (χ0) is 10.4. The highest BCUT2D eigenvalue weighted by Crippen LogP contribution is 2.03. The van der Waals surface area contributed by atoms with Gasteiger partial charge in [-0.05, 0) is 14.1 Å². The predicted molar refractivity (Wildman–Crippen MR) is 50.8 cm³/mol. The molecule has 0 aromatic carbocycles. The van der Waals surface area contributed by atoms with Gasteiger partial charge in [0.05, 0.1) is 0 Å². The number of ether oxygens (including phenoxy) is 1. The summed E-state index contributed by atoms with van der Waals surface area (Å²) in [6.45, 7) is 1.36. The maximum absolute atomic E-state index is 8.54. The average molecular weight is 192 g/mol. The van der Waals surface area contributed by atoms with Crippen molar-refractivity contribution in [3.8, 4) is 11.9 Å². The molecule has 0 spiro atoms. The van der Waals surface area contributed by atoms with Gasteiger partial charge in [0.25, 0.3) is 0 Å². The standard InChI is InChI=1S/C9H12N4O/c1-13(2)5-6-14-9-3-4-11-8(7-10)12-9/h3-4H,5-6H2,1-2H3. The molecule has 0 aliphatic heterocycles. The van der Waals surface area contributed by atoms with Gasteiger partial charge < -0.3 is 9.64 Å². The van der Waals surface area contributed by atoms with Crippen LogP contribution in [-0.2, 0) is 0 Å². The maximum Gasteiger partial charge on any atom is 0.235 e. The summed E-state index contributed by atoms with van der Waals surface area (Å²) in [5.41, 5.74) is 0. The van der Waals surface area contributed by atoms with E-state index in [9.17, 15) is 0 Å². The van der Waals surface area contributed by atoms with E-state index < -0.39 is 0 Å². The van der Waals surface area contributed by atoms with Gasteiger partial charge in [0, 0.05) is 18.8 Å². The number of hydrogen-bond donors (Lipinski definition) is 0. The van der Waals surface area contributed by atoms with Crippen LogP contribution in [0.4, 0.5) is 0 Å². The first-order valence-electron chi connectivity index (χ1n) is 4.23. The number of aromatic nitrogens is 2. The summed E-state index contributed by atoms with van der Waals surface area (Å²) in [7, 11) is 3.92. The fourth-order valence-electron chi connectivity index (χ4n) is 0.809. The summed E-state index contributed by atoms with van der Waals surface area (Å²) < 4.78 is 5.32. The van der Waals surface area contributed by atoms with Crippen molar-refractivity contribution >= 4 is 0 Å². The van der Waals surface area contributed by atoms with Gasteiger partial charge in [-0.1, -0.05) is 0 Å². The van der Waals surface area contributed by atoms with Crippen LogP contribution < -0.4 is 4.74 Å². The summed E-state index contributed by atoms with van der Waals surface area (Å²) >= 11 is 0. The lowest BCUT2D eigenvalue weighted by Crippen LogP contribution is -2.19. The van der Waals surface area contributed by atoms with Gasteiger partial charge in [-0.2, -0.15) is 10.2 Å². The minimum atomic E-state index is 0.132. The number of rotatable bonds is 4. The quantitative estimate of drug-likeness (QED) is 0.686. The molecule has 0 unspecified atom stereocenters. The van der Waals surface area contributed by atoms with Crippen LogP contribution in [0, 0.1) is 11.3 Å². The molecule has 5 nitrogen and oxygen atoms in total. The monoisotopic (exact) mass is 192 g/mol. The first-order chi connectivity index (χ1) is 6.72. The highest BCUT2D eigenvalue weighted by atomic mass is 16.5. The molecule has 0 saturated heterocycles. The van der Waals surface area contributed by atoms with E-state index in [1.807, 2.05) is 25.1 Å². The van der Waals surface area contributed by atoms with E-state index in [1.165, 1.54) is 6.20 Å².